The van der Waals surface area contributed by atoms with E-state index in [2.05, 4.69) is 10.6 Å². The summed E-state index contributed by atoms with van der Waals surface area (Å²) in [5.41, 5.74) is 11.6. The zero-order valence-electron chi connectivity index (χ0n) is 12.9. The lowest BCUT2D eigenvalue weighted by Crippen LogP contribution is -2.43. The maximum Gasteiger partial charge on any atom is 0.220 e. The molecule has 1 amide bonds. The van der Waals surface area contributed by atoms with Crippen molar-refractivity contribution in [1.29, 1.82) is 0 Å². The van der Waals surface area contributed by atoms with Gasteiger partial charge in [0.25, 0.3) is 0 Å². The number of hydrogen-bond donors (Lipinski definition) is 5. The molecule has 1 saturated heterocycles. The molecule has 126 valence electrons. The van der Waals surface area contributed by atoms with Crippen molar-refractivity contribution in [2.75, 3.05) is 6.54 Å². The van der Waals surface area contributed by atoms with Gasteiger partial charge in [-0.15, -0.1) is 0 Å². The first-order valence-electron chi connectivity index (χ1n) is 7.78. The van der Waals surface area contributed by atoms with E-state index in [1.807, 2.05) is 18.2 Å². The molecule has 0 spiro atoms. The Morgan fingerprint density at radius 2 is 2.00 bits per heavy atom. The zero-order valence-corrected chi connectivity index (χ0v) is 12.9. The number of carbonyl (C=O) groups excluding carboxylic acids is 2. The first kappa shape index (κ1) is 17.6. The third-order valence-corrected chi connectivity index (χ3v) is 3.88. The number of nitrogens with one attached hydrogen (secondary N) is 2. The highest BCUT2D eigenvalue weighted by atomic mass is 16.3. The summed E-state index contributed by atoms with van der Waals surface area (Å²) in [4.78, 5) is 24.8. The molecule has 1 aromatic rings. The molecule has 7 N–H and O–H groups in total. The van der Waals surface area contributed by atoms with Crippen molar-refractivity contribution in [2.45, 2.75) is 43.6 Å². The van der Waals surface area contributed by atoms with E-state index >= 15 is 0 Å². The summed E-state index contributed by atoms with van der Waals surface area (Å²) in [7, 11) is 0. The van der Waals surface area contributed by atoms with Crippen molar-refractivity contribution in [3.8, 4) is 0 Å². The van der Waals surface area contributed by atoms with Crippen LogP contribution in [-0.2, 0) is 9.59 Å². The van der Waals surface area contributed by atoms with Gasteiger partial charge < -0.3 is 27.2 Å². The molecule has 7 heteroatoms. The van der Waals surface area contributed by atoms with Crippen molar-refractivity contribution < 1.29 is 14.7 Å². The van der Waals surface area contributed by atoms with Gasteiger partial charge in [-0.2, -0.15) is 0 Å². The van der Waals surface area contributed by atoms with Gasteiger partial charge in [0.15, 0.2) is 5.78 Å². The Morgan fingerprint density at radius 1 is 1.30 bits per heavy atom. The van der Waals surface area contributed by atoms with Crippen LogP contribution in [0.15, 0.2) is 30.3 Å². The van der Waals surface area contributed by atoms with Crippen molar-refractivity contribution in [2.24, 2.45) is 11.5 Å². The fourth-order valence-electron chi connectivity index (χ4n) is 2.63. The van der Waals surface area contributed by atoms with Crippen LogP contribution in [0.5, 0.6) is 0 Å². The molecule has 1 aromatic carbocycles. The SMILES string of the molecule is NC(N)CCC(=O)NC(C(=O)[C@@H]1C[C@@H](O)CN1)c1ccccc1. The van der Waals surface area contributed by atoms with E-state index in [4.69, 9.17) is 11.5 Å². The Bertz CT molecular complexity index is 535. The highest BCUT2D eigenvalue weighted by Gasteiger charge is 2.34. The summed E-state index contributed by atoms with van der Waals surface area (Å²) in [6, 6.07) is 7.85. The largest absolute Gasteiger partial charge is 0.392 e. The van der Waals surface area contributed by atoms with Crippen LogP contribution in [0.25, 0.3) is 0 Å². The van der Waals surface area contributed by atoms with E-state index in [0.717, 1.165) is 0 Å². The molecule has 3 atom stereocenters. The summed E-state index contributed by atoms with van der Waals surface area (Å²) in [6.07, 6.45) is -0.229. The molecule has 7 nitrogen and oxygen atoms in total. The number of carbonyl (C=O) groups is 2. The summed E-state index contributed by atoms with van der Waals surface area (Å²) < 4.78 is 0. The molecule has 1 heterocycles. The van der Waals surface area contributed by atoms with Crippen molar-refractivity contribution in [3.63, 3.8) is 0 Å². The van der Waals surface area contributed by atoms with Crippen molar-refractivity contribution in [1.82, 2.24) is 10.6 Å². The van der Waals surface area contributed by atoms with Gasteiger partial charge in [0.1, 0.15) is 6.04 Å². The van der Waals surface area contributed by atoms with E-state index in [-0.39, 0.29) is 18.1 Å². The van der Waals surface area contributed by atoms with E-state index < -0.39 is 24.4 Å². The van der Waals surface area contributed by atoms with Crippen LogP contribution in [0.1, 0.15) is 30.9 Å². The number of β-amino-alcohol motifs (C(OH)–C–C–N with tert-alkyl or cyclic N) is 1. The normalized spacial score (nSPS) is 22.1. The fourth-order valence-corrected chi connectivity index (χ4v) is 2.63. The zero-order chi connectivity index (χ0) is 16.8. The molecule has 1 aliphatic rings. The fraction of sp³-hybridized carbons (Fsp3) is 0.500. The van der Waals surface area contributed by atoms with E-state index in [1.165, 1.54) is 0 Å². The lowest BCUT2D eigenvalue weighted by Gasteiger charge is -2.21. The Balaban J connectivity index is 2.09. The molecule has 0 radical (unpaired) electrons. The summed E-state index contributed by atoms with van der Waals surface area (Å²) >= 11 is 0. The van der Waals surface area contributed by atoms with Crippen LogP contribution >= 0.6 is 0 Å². The highest BCUT2D eigenvalue weighted by Crippen LogP contribution is 2.20. The summed E-state index contributed by atoms with van der Waals surface area (Å²) in [5, 5.41) is 15.3. The Kier molecular flexibility index (Phi) is 6.23. The number of rotatable bonds is 7. The van der Waals surface area contributed by atoms with Crippen LogP contribution in [0.3, 0.4) is 0 Å². The number of nitrogens with two attached hydrogens (primary N) is 2. The maximum atomic E-state index is 12.7. The number of amides is 1. The Hall–Kier alpha value is -1.80. The van der Waals surface area contributed by atoms with Gasteiger partial charge >= 0.3 is 0 Å². The van der Waals surface area contributed by atoms with Crippen molar-refractivity contribution in [3.05, 3.63) is 35.9 Å². The first-order valence-corrected chi connectivity index (χ1v) is 7.78. The van der Waals surface area contributed by atoms with Crippen LogP contribution in [-0.4, -0.2) is 41.7 Å². The lowest BCUT2D eigenvalue weighted by molar-refractivity contribution is -0.129. The molecule has 1 fully saturated rings. The maximum absolute atomic E-state index is 12.7. The smallest absolute Gasteiger partial charge is 0.220 e. The predicted octanol–water partition coefficient (Wildman–Crippen LogP) is -0.840. The summed E-state index contributed by atoms with van der Waals surface area (Å²) in [5.74, 6) is -0.426. The van der Waals surface area contributed by atoms with Crippen LogP contribution in [0.2, 0.25) is 0 Å². The topological polar surface area (TPSA) is 130 Å². The molecule has 0 aromatic heterocycles. The van der Waals surface area contributed by atoms with Gasteiger partial charge in [0.05, 0.1) is 18.3 Å². The van der Waals surface area contributed by atoms with Crippen molar-refractivity contribution >= 4 is 11.7 Å². The average Bonchev–Trinajstić information content (AvgIpc) is 2.97. The van der Waals surface area contributed by atoms with E-state index in [0.29, 0.717) is 24.9 Å². The highest BCUT2D eigenvalue weighted by molar-refractivity contribution is 5.93. The number of aliphatic hydroxyl groups is 1. The average molecular weight is 320 g/mol. The third-order valence-electron chi connectivity index (χ3n) is 3.88. The van der Waals surface area contributed by atoms with Gasteiger partial charge in [0.2, 0.25) is 5.91 Å². The number of hydrogen-bond acceptors (Lipinski definition) is 6. The van der Waals surface area contributed by atoms with Gasteiger partial charge in [-0.3, -0.25) is 9.59 Å². The molecular formula is C16H24N4O3. The van der Waals surface area contributed by atoms with Gasteiger partial charge in [-0.1, -0.05) is 30.3 Å². The Morgan fingerprint density at radius 3 is 2.57 bits per heavy atom. The molecule has 2 rings (SSSR count). The molecule has 23 heavy (non-hydrogen) atoms. The second-order valence-corrected chi connectivity index (χ2v) is 5.87. The molecule has 0 saturated carbocycles. The number of benzene rings is 1. The first-order chi connectivity index (χ1) is 11.0. The van der Waals surface area contributed by atoms with Crippen LogP contribution in [0, 0.1) is 0 Å². The minimum atomic E-state index is -0.750. The minimum Gasteiger partial charge on any atom is -0.392 e. The molecule has 1 aliphatic heterocycles. The minimum absolute atomic E-state index is 0.154. The van der Waals surface area contributed by atoms with Gasteiger partial charge in [-0.05, 0) is 18.4 Å². The predicted molar refractivity (Wildman–Crippen MR) is 86.1 cm³/mol. The second-order valence-electron chi connectivity index (χ2n) is 5.87. The van der Waals surface area contributed by atoms with Gasteiger partial charge in [-0.25, -0.2) is 0 Å². The summed E-state index contributed by atoms with van der Waals surface area (Å²) in [6.45, 7) is 0.383. The van der Waals surface area contributed by atoms with E-state index in [1.54, 1.807) is 12.1 Å². The molecular weight excluding hydrogens is 296 g/mol. The van der Waals surface area contributed by atoms with Crippen LogP contribution in [0.4, 0.5) is 0 Å². The number of ketones is 1. The lowest BCUT2D eigenvalue weighted by atomic mass is 9.96. The third kappa shape index (κ3) is 5.11. The van der Waals surface area contributed by atoms with Gasteiger partial charge in [0, 0.05) is 13.0 Å². The number of aliphatic hydroxyl groups excluding tert-OH is 1. The standard InChI is InChI=1S/C16H24N4O3/c17-13(18)6-7-14(22)20-15(10-4-2-1-3-5-10)16(23)12-8-11(21)9-19-12/h1-5,11-13,15,19,21H,6-9,17-18H2,(H,20,22)/t11-,12+,15?/m1/s1. The molecule has 0 aliphatic carbocycles. The monoisotopic (exact) mass is 320 g/mol. The van der Waals surface area contributed by atoms with E-state index in [9.17, 15) is 14.7 Å². The second kappa shape index (κ2) is 8.16. The Labute approximate surface area is 135 Å². The quantitative estimate of drug-likeness (QED) is 0.416. The van der Waals surface area contributed by atoms with Crippen LogP contribution < -0.4 is 22.1 Å². The molecule has 0 bridgehead atoms. The number of Topliss-reactive ketones (excluding diaryl/α,β-unsaturated/α-hetero) is 1. The molecule has 1 unspecified atom stereocenters.